The summed E-state index contributed by atoms with van der Waals surface area (Å²) >= 11 is 0. The van der Waals surface area contributed by atoms with E-state index in [4.69, 9.17) is 15.9 Å². The molecule has 1 atom stereocenters. The van der Waals surface area contributed by atoms with E-state index in [2.05, 4.69) is 101 Å². The summed E-state index contributed by atoms with van der Waals surface area (Å²) in [5.74, 6) is -3.16. The zero-order chi connectivity index (χ0) is 40.3. The fourth-order valence-electron chi connectivity index (χ4n) is 4.03. The van der Waals surface area contributed by atoms with Crippen molar-refractivity contribution >= 4 is 65.1 Å². The summed E-state index contributed by atoms with van der Waals surface area (Å²) in [6.45, 7) is 9.56. The van der Waals surface area contributed by atoms with Gasteiger partial charge in [-0.05, 0) is 98.7 Å². The minimum absolute atomic E-state index is 0. The van der Waals surface area contributed by atoms with Crippen LogP contribution in [0.5, 0.6) is 0 Å². The van der Waals surface area contributed by atoms with E-state index in [9.17, 15) is 19.2 Å². The number of nitrogens with zero attached hydrogens (tertiary/aromatic N) is 9. The van der Waals surface area contributed by atoms with Crippen molar-refractivity contribution in [2.75, 3.05) is 78.5 Å². The van der Waals surface area contributed by atoms with Crippen LogP contribution in [0.1, 0.15) is 55.6 Å². The average Bonchev–Trinajstić information content (AvgIpc) is 3.12. The van der Waals surface area contributed by atoms with E-state index in [1.165, 1.54) is 18.3 Å². The number of rotatable bonds is 19. The fourth-order valence-corrected chi connectivity index (χ4v) is 4.03. The number of benzene rings is 1. The van der Waals surface area contributed by atoms with Gasteiger partial charge in [0.2, 0.25) is 5.95 Å². The number of nitrogen functional groups attached to an aromatic ring is 1. The molecule has 20 heteroatoms. The van der Waals surface area contributed by atoms with Crippen LogP contribution in [-0.4, -0.2) is 143 Å². The predicted octanol–water partition coefficient (Wildman–Crippen LogP) is 2.64. The molecule has 19 nitrogen and oxygen atoms in total. The number of carboxylic acids is 2. The van der Waals surface area contributed by atoms with Gasteiger partial charge in [-0.3, -0.25) is 19.4 Å². The molecule has 1 amide bonds. The lowest BCUT2D eigenvalue weighted by molar-refractivity contribution is -0.140. The summed E-state index contributed by atoms with van der Waals surface area (Å²) < 4.78 is 0. The maximum absolute atomic E-state index is 12.3. The number of amides is 1. The summed E-state index contributed by atoms with van der Waals surface area (Å²) in [7, 11) is 8.24. The van der Waals surface area contributed by atoms with Crippen LogP contribution in [0.4, 0.5) is 11.6 Å². The van der Waals surface area contributed by atoms with Gasteiger partial charge in [-0.25, -0.2) is 34.7 Å². The lowest BCUT2D eigenvalue weighted by Gasteiger charge is -2.14. The van der Waals surface area contributed by atoms with E-state index < -0.39 is 29.4 Å². The van der Waals surface area contributed by atoms with Gasteiger partial charge >= 0.3 is 11.9 Å². The summed E-state index contributed by atoms with van der Waals surface area (Å²) in [5, 5.41) is 23.2. The number of hydrogen-bond donors (Lipinski definition) is 6. The van der Waals surface area contributed by atoms with E-state index in [1.807, 2.05) is 13.8 Å². The van der Waals surface area contributed by atoms with Crippen LogP contribution < -0.4 is 21.9 Å². The van der Waals surface area contributed by atoms with Crippen LogP contribution in [-0.2, 0) is 16.1 Å². The van der Waals surface area contributed by atoms with E-state index in [0.717, 1.165) is 52.1 Å². The van der Waals surface area contributed by atoms with Gasteiger partial charge in [0.15, 0.2) is 11.2 Å². The monoisotopic (exact) mass is 787 g/mol. The van der Waals surface area contributed by atoms with Crippen LogP contribution in [0.3, 0.4) is 0 Å². The standard InChI is InChI=1S/C19H19N7O6.2C8H17N3.ClH/c20-19-25-15-14(17(30)26-19)23-11(8-22-15)7-21-10-3-1-9(2-4-10)16(29)24-12(18(31)32)5-6-13(27)28;2*1-4-9-8-10-6-5-7-11(2)3;/h1-4,8,12,21H,5-7H2,(H,24,29)(H,27,28)(H,31,32)(H3,20,22,25,26,30);2*4-7H2,1-3H3;1H/t12-;;;/m0.../s1. The number of halogens is 1. The zero-order valence-electron chi connectivity index (χ0n) is 32.3. The second kappa shape index (κ2) is 28.9. The summed E-state index contributed by atoms with van der Waals surface area (Å²) in [6.07, 6.45) is 3.01. The number of aromatic nitrogens is 4. The number of H-pyrrole nitrogens is 1. The van der Waals surface area contributed by atoms with E-state index >= 15 is 0 Å². The largest absolute Gasteiger partial charge is 0.481 e. The molecule has 302 valence electrons. The number of nitrogens with one attached hydrogen (secondary N) is 3. The van der Waals surface area contributed by atoms with E-state index in [-0.39, 0.29) is 54.5 Å². The first-order chi connectivity index (χ1) is 25.8. The van der Waals surface area contributed by atoms with Crippen LogP contribution in [0.2, 0.25) is 0 Å². The Balaban J connectivity index is 0.00000104. The highest BCUT2D eigenvalue weighted by Crippen LogP contribution is 2.12. The molecule has 2 heterocycles. The Bertz CT molecular complexity index is 1760. The first kappa shape index (κ1) is 49.4. The Morgan fingerprint density at radius 2 is 1.47 bits per heavy atom. The molecule has 0 aliphatic heterocycles. The topological polar surface area (TPSA) is 269 Å². The van der Waals surface area contributed by atoms with Crippen LogP contribution >= 0.6 is 12.4 Å². The molecule has 0 aliphatic rings. The van der Waals surface area contributed by atoms with Crippen molar-refractivity contribution in [3.8, 4) is 0 Å². The van der Waals surface area contributed by atoms with E-state index in [1.54, 1.807) is 12.1 Å². The fraction of sp³-hybridized carbons (Fsp3) is 0.514. The Hall–Kier alpha value is -5.58. The molecule has 0 saturated carbocycles. The Morgan fingerprint density at radius 3 is 1.96 bits per heavy atom. The smallest absolute Gasteiger partial charge is 0.326 e. The molecule has 0 radical (unpaired) electrons. The van der Waals surface area contributed by atoms with Gasteiger partial charge in [0, 0.05) is 30.8 Å². The minimum Gasteiger partial charge on any atom is -0.481 e. The number of fused-ring (bicyclic) bond motifs is 1. The molecule has 2 aromatic heterocycles. The molecule has 0 spiro atoms. The number of carboxylic acid groups (broad SMARTS) is 2. The highest BCUT2D eigenvalue weighted by atomic mass is 35.5. The zero-order valence-corrected chi connectivity index (χ0v) is 33.1. The molecule has 3 aromatic rings. The Morgan fingerprint density at radius 1 is 0.909 bits per heavy atom. The molecule has 0 unspecified atom stereocenters. The second-order valence-corrected chi connectivity index (χ2v) is 11.9. The van der Waals surface area contributed by atoms with Gasteiger partial charge < -0.3 is 36.4 Å². The lowest BCUT2D eigenvalue weighted by atomic mass is 10.1. The van der Waals surface area contributed by atoms with Crippen molar-refractivity contribution < 1.29 is 24.6 Å². The third kappa shape index (κ3) is 23.0. The van der Waals surface area contributed by atoms with Crippen molar-refractivity contribution in [1.82, 2.24) is 35.1 Å². The van der Waals surface area contributed by atoms with Crippen molar-refractivity contribution in [2.45, 2.75) is 52.1 Å². The maximum Gasteiger partial charge on any atom is 0.326 e. The third-order valence-corrected chi connectivity index (χ3v) is 6.71. The van der Waals surface area contributed by atoms with Gasteiger partial charge in [0.1, 0.15) is 6.04 Å². The van der Waals surface area contributed by atoms with Crippen LogP contribution in [0.15, 0.2) is 55.2 Å². The molecule has 0 aliphatic carbocycles. The number of carbonyl (C=O) groups excluding carboxylic acids is 1. The average molecular weight is 788 g/mol. The first-order valence-electron chi connectivity index (χ1n) is 17.3. The molecule has 0 saturated heterocycles. The molecule has 3 rings (SSSR count). The molecular formula is C35H54ClN13O6. The first-order valence-corrected chi connectivity index (χ1v) is 17.3. The number of aliphatic carboxylic acids is 2. The van der Waals surface area contributed by atoms with Gasteiger partial charge in [-0.1, -0.05) is 0 Å². The normalized spacial score (nSPS) is 10.5. The number of nitrogens with two attached hydrogens (primary N) is 1. The number of hydrogen-bond acceptors (Lipinski definition) is 15. The maximum atomic E-state index is 12.3. The number of carbonyl (C=O) groups is 3. The molecule has 55 heavy (non-hydrogen) atoms. The van der Waals surface area contributed by atoms with Gasteiger partial charge in [0.25, 0.3) is 11.5 Å². The Labute approximate surface area is 326 Å². The number of aliphatic imine (C=N–C) groups is 4. The van der Waals surface area contributed by atoms with Gasteiger partial charge in [-0.2, -0.15) is 4.98 Å². The molecule has 7 N–H and O–H groups in total. The Kier molecular flexibility index (Phi) is 25.9. The summed E-state index contributed by atoms with van der Waals surface area (Å²) in [5.41, 5.74) is 6.47. The quantitative estimate of drug-likeness (QED) is 0.0755. The van der Waals surface area contributed by atoms with Crippen LogP contribution in [0, 0.1) is 0 Å². The second-order valence-electron chi connectivity index (χ2n) is 11.9. The van der Waals surface area contributed by atoms with Crippen molar-refractivity contribution in [3.05, 3.63) is 52.1 Å². The number of anilines is 2. The van der Waals surface area contributed by atoms with Gasteiger partial charge in [-0.15, -0.1) is 12.4 Å². The van der Waals surface area contributed by atoms with Crippen LogP contribution in [0.25, 0.3) is 11.2 Å². The SMILES string of the molecule is CCN=C=NCCCN(C)C.CCN=C=NCCCN(C)C.Cl.Nc1nc2ncc(CNc3ccc(C(=O)N[C@@H](CCC(=O)O)C(=O)O)cc3)nc2c(=O)[nH]1. The summed E-state index contributed by atoms with van der Waals surface area (Å²) in [4.78, 5) is 80.5. The molecular weight excluding hydrogens is 734 g/mol. The number of aromatic amines is 1. The molecule has 1 aromatic carbocycles. The lowest BCUT2D eigenvalue weighted by Crippen LogP contribution is -2.41. The van der Waals surface area contributed by atoms with Crippen molar-refractivity contribution in [1.29, 1.82) is 0 Å². The highest BCUT2D eigenvalue weighted by Gasteiger charge is 2.21. The molecule has 0 bridgehead atoms. The van der Waals surface area contributed by atoms with E-state index in [0.29, 0.717) is 11.4 Å². The molecule has 0 fully saturated rings. The highest BCUT2D eigenvalue weighted by molar-refractivity contribution is 5.97. The third-order valence-electron chi connectivity index (χ3n) is 6.71. The van der Waals surface area contributed by atoms with Crippen molar-refractivity contribution in [3.63, 3.8) is 0 Å². The van der Waals surface area contributed by atoms with Crippen molar-refractivity contribution in [2.24, 2.45) is 20.0 Å². The predicted molar refractivity (Wildman–Crippen MR) is 216 cm³/mol. The summed E-state index contributed by atoms with van der Waals surface area (Å²) in [6, 6.07) is 10.1. The van der Waals surface area contributed by atoms with Gasteiger partial charge in [0.05, 0.1) is 43.5 Å². The minimum atomic E-state index is -1.31.